The lowest BCUT2D eigenvalue weighted by atomic mass is 10.1. The number of aromatic nitrogens is 1. The normalized spacial score (nSPS) is 10.5. The fraction of sp³-hybridized carbons (Fsp3) is 0.333. The third-order valence-electron chi connectivity index (χ3n) is 3.17. The van der Waals surface area contributed by atoms with Crippen LogP contribution in [-0.2, 0) is 11.2 Å². The van der Waals surface area contributed by atoms with E-state index in [0.29, 0.717) is 5.76 Å². The van der Waals surface area contributed by atoms with Crippen LogP contribution in [0.2, 0.25) is 0 Å². The zero-order valence-electron chi connectivity index (χ0n) is 11.7. The molecule has 1 aromatic carbocycles. The lowest BCUT2D eigenvalue weighted by Gasteiger charge is -2.09. The summed E-state index contributed by atoms with van der Waals surface area (Å²) in [5, 5.41) is 6.77. The number of anilines is 1. The minimum absolute atomic E-state index is 0.0543. The molecule has 2 aromatic rings. The summed E-state index contributed by atoms with van der Waals surface area (Å²) in [5.74, 6) is 0.648. The highest BCUT2D eigenvalue weighted by Crippen LogP contribution is 2.18. The van der Waals surface area contributed by atoms with Gasteiger partial charge in [-0.2, -0.15) is 0 Å². The van der Waals surface area contributed by atoms with E-state index in [0.717, 1.165) is 22.5 Å². The van der Waals surface area contributed by atoms with Gasteiger partial charge in [0.05, 0.1) is 12.1 Å². The molecule has 0 bridgehead atoms. The maximum atomic E-state index is 12.0. The number of nitrogens with one attached hydrogen (secondary N) is 1. The molecule has 1 aromatic heterocycles. The Balaban J connectivity index is 2.10. The highest BCUT2D eigenvalue weighted by molar-refractivity contribution is 5.93. The van der Waals surface area contributed by atoms with Crippen molar-refractivity contribution in [3.63, 3.8) is 0 Å². The molecule has 0 atom stereocenters. The summed E-state index contributed by atoms with van der Waals surface area (Å²) < 4.78 is 5.06. The van der Waals surface area contributed by atoms with Crippen molar-refractivity contribution in [1.82, 2.24) is 5.16 Å². The van der Waals surface area contributed by atoms with Gasteiger partial charge in [0.2, 0.25) is 5.91 Å². The Morgan fingerprint density at radius 3 is 2.58 bits per heavy atom. The Morgan fingerprint density at radius 2 is 2.00 bits per heavy atom. The summed E-state index contributed by atoms with van der Waals surface area (Å²) >= 11 is 0. The molecule has 0 saturated heterocycles. The van der Waals surface area contributed by atoms with E-state index in [1.165, 1.54) is 5.56 Å². The molecule has 0 saturated carbocycles. The van der Waals surface area contributed by atoms with Crippen LogP contribution in [-0.4, -0.2) is 11.1 Å². The highest BCUT2D eigenvalue weighted by atomic mass is 16.5. The molecule has 0 fully saturated rings. The van der Waals surface area contributed by atoms with Crippen molar-refractivity contribution in [2.45, 2.75) is 34.1 Å². The van der Waals surface area contributed by atoms with Gasteiger partial charge in [0.15, 0.2) is 0 Å². The van der Waals surface area contributed by atoms with Crippen molar-refractivity contribution in [2.75, 3.05) is 5.32 Å². The van der Waals surface area contributed by atoms with E-state index in [9.17, 15) is 4.79 Å². The molecule has 0 aliphatic heterocycles. The van der Waals surface area contributed by atoms with Crippen LogP contribution in [0.25, 0.3) is 0 Å². The lowest BCUT2D eigenvalue weighted by Crippen LogP contribution is -2.15. The van der Waals surface area contributed by atoms with Gasteiger partial charge in [0, 0.05) is 11.3 Å². The van der Waals surface area contributed by atoms with Crippen LogP contribution in [0.4, 0.5) is 5.69 Å². The number of carbonyl (C=O) groups excluding carboxylic acids is 1. The number of carbonyl (C=O) groups is 1. The van der Waals surface area contributed by atoms with E-state index in [1.807, 2.05) is 45.9 Å². The van der Waals surface area contributed by atoms with Gasteiger partial charge in [0.1, 0.15) is 5.76 Å². The first-order chi connectivity index (χ1) is 8.97. The number of nitrogens with zero attached hydrogens (tertiary/aromatic N) is 1. The molecule has 4 heteroatoms. The molecule has 1 amide bonds. The second kappa shape index (κ2) is 5.26. The minimum Gasteiger partial charge on any atom is -0.361 e. The number of benzene rings is 1. The second-order valence-corrected chi connectivity index (χ2v) is 4.85. The lowest BCUT2D eigenvalue weighted by molar-refractivity contribution is -0.115. The van der Waals surface area contributed by atoms with E-state index < -0.39 is 0 Å². The molecular weight excluding hydrogens is 240 g/mol. The largest absolute Gasteiger partial charge is 0.361 e. The van der Waals surface area contributed by atoms with Crippen molar-refractivity contribution >= 4 is 11.6 Å². The summed E-state index contributed by atoms with van der Waals surface area (Å²) in [4.78, 5) is 12.0. The zero-order chi connectivity index (χ0) is 14.0. The highest BCUT2D eigenvalue weighted by Gasteiger charge is 2.14. The van der Waals surface area contributed by atoms with Crippen LogP contribution in [0.5, 0.6) is 0 Å². The fourth-order valence-electron chi connectivity index (χ4n) is 2.06. The van der Waals surface area contributed by atoms with Gasteiger partial charge in [-0.05, 0) is 39.3 Å². The topological polar surface area (TPSA) is 55.1 Å². The maximum absolute atomic E-state index is 12.0. The first-order valence-corrected chi connectivity index (χ1v) is 6.26. The van der Waals surface area contributed by atoms with Crippen molar-refractivity contribution in [1.29, 1.82) is 0 Å². The molecule has 2 rings (SSSR count). The Hall–Kier alpha value is -2.10. The molecule has 0 unspecified atom stereocenters. The first kappa shape index (κ1) is 13.3. The van der Waals surface area contributed by atoms with E-state index in [4.69, 9.17) is 4.52 Å². The number of aryl methyl sites for hydroxylation is 4. The van der Waals surface area contributed by atoms with Gasteiger partial charge in [-0.25, -0.2) is 0 Å². The van der Waals surface area contributed by atoms with Crippen molar-refractivity contribution in [2.24, 2.45) is 0 Å². The van der Waals surface area contributed by atoms with E-state index in [-0.39, 0.29) is 12.3 Å². The molecule has 0 aliphatic carbocycles. The Bertz CT molecular complexity index is 595. The molecule has 0 spiro atoms. The number of hydrogen-bond acceptors (Lipinski definition) is 3. The van der Waals surface area contributed by atoms with Gasteiger partial charge >= 0.3 is 0 Å². The first-order valence-electron chi connectivity index (χ1n) is 6.26. The monoisotopic (exact) mass is 258 g/mol. The number of rotatable bonds is 3. The van der Waals surface area contributed by atoms with Crippen LogP contribution in [0.3, 0.4) is 0 Å². The van der Waals surface area contributed by atoms with E-state index >= 15 is 0 Å². The van der Waals surface area contributed by atoms with Gasteiger partial charge in [-0.3, -0.25) is 4.79 Å². The standard InChI is InChI=1S/C15H18N2O2/c1-9-5-6-14(10(2)7-9)16-15(18)8-13-11(3)17-19-12(13)4/h5-7H,8H2,1-4H3,(H,16,18). The Labute approximate surface area is 112 Å². The summed E-state index contributed by atoms with van der Waals surface area (Å²) in [5.41, 5.74) is 4.73. The van der Waals surface area contributed by atoms with Crippen LogP contribution < -0.4 is 5.32 Å². The molecule has 0 aliphatic rings. The third-order valence-corrected chi connectivity index (χ3v) is 3.17. The summed E-state index contributed by atoms with van der Waals surface area (Å²) in [7, 11) is 0. The Morgan fingerprint density at radius 1 is 1.26 bits per heavy atom. The second-order valence-electron chi connectivity index (χ2n) is 4.85. The molecule has 19 heavy (non-hydrogen) atoms. The molecule has 100 valence electrons. The number of hydrogen-bond donors (Lipinski definition) is 1. The predicted octanol–water partition coefficient (Wildman–Crippen LogP) is 3.09. The Kier molecular flexibility index (Phi) is 3.69. The van der Waals surface area contributed by atoms with E-state index in [2.05, 4.69) is 10.5 Å². The number of amides is 1. The summed E-state index contributed by atoms with van der Waals surface area (Å²) in [6, 6.07) is 5.96. The zero-order valence-corrected chi connectivity index (χ0v) is 11.7. The molecule has 0 radical (unpaired) electrons. The summed E-state index contributed by atoms with van der Waals surface area (Å²) in [6.45, 7) is 7.68. The van der Waals surface area contributed by atoms with E-state index in [1.54, 1.807) is 0 Å². The summed E-state index contributed by atoms with van der Waals surface area (Å²) in [6.07, 6.45) is 0.286. The van der Waals surface area contributed by atoms with Gasteiger partial charge in [-0.15, -0.1) is 0 Å². The smallest absolute Gasteiger partial charge is 0.229 e. The maximum Gasteiger partial charge on any atom is 0.229 e. The van der Waals surface area contributed by atoms with Crippen LogP contribution in [0.15, 0.2) is 22.7 Å². The van der Waals surface area contributed by atoms with Crippen LogP contribution >= 0.6 is 0 Å². The van der Waals surface area contributed by atoms with Crippen LogP contribution in [0.1, 0.15) is 28.1 Å². The minimum atomic E-state index is -0.0543. The molecule has 1 heterocycles. The average Bonchev–Trinajstić information content (AvgIpc) is 2.65. The predicted molar refractivity (Wildman–Crippen MR) is 74.2 cm³/mol. The van der Waals surface area contributed by atoms with Gasteiger partial charge in [-0.1, -0.05) is 22.9 Å². The van der Waals surface area contributed by atoms with Gasteiger partial charge in [0.25, 0.3) is 0 Å². The average molecular weight is 258 g/mol. The molecule has 1 N–H and O–H groups in total. The SMILES string of the molecule is Cc1ccc(NC(=O)Cc2c(C)noc2C)c(C)c1. The van der Waals surface area contributed by atoms with Crippen molar-refractivity contribution < 1.29 is 9.32 Å². The van der Waals surface area contributed by atoms with Crippen LogP contribution in [0, 0.1) is 27.7 Å². The quantitative estimate of drug-likeness (QED) is 0.920. The van der Waals surface area contributed by atoms with Crippen molar-refractivity contribution in [3.8, 4) is 0 Å². The fourth-order valence-corrected chi connectivity index (χ4v) is 2.06. The van der Waals surface area contributed by atoms with Gasteiger partial charge < -0.3 is 9.84 Å². The molecular formula is C15H18N2O2. The third kappa shape index (κ3) is 3.02. The molecule has 4 nitrogen and oxygen atoms in total. The van der Waals surface area contributed by atoms with Crippen molar-refractivity contribution in [3.05, 3.63) is 46.3 Å².